The van der Waals surface area contributed by atoms with E-state index in [9.17, 15) is 0 Å². The zero-order chi connectivity index (χ0) is 43.5. The van der Waals surface area contributed by atoms with Crippen molar-refractivity contribution in [2.24, 2.45) is 0 Å². The van der Waals surface area contributed by atoms with Gasteiger partial charge in [-0.15, -0.1) is 0 Å². The van der Waals surface area contributed by atoms with Gasteiger partial charge in [0.05, 0.1) is 0 Å². The van der Waals surface area contributed by atoms with E-state index in [0.717, 1.165) is 47.0 Å². The van der Waals surface area contributed by atoms with E-state index in [-0.39, 0.29) is 0 Å². The summed E-state index contributed by atoms with van der Waals surface area (Å²) in [5.74, 6) is 0. The molecule has 11 rings (SSSR count). The van der Waals surface area contributed by atoms with Crippen LogP contribution in [0.3, 0.4) is 0 Å². The highest BCUT2D eigenvalue weighted by atomic mass is 15.2. The van der Waals surface area contributed by atoms with Gasteiger partial charge in [-0.25, -0.2) is 0 Å². The van der Waals surface area contributed by atoms with Crippen molar-refractivity contribution in [3.8, 4) is 44.5 Å². The van der Waals surface area contributed by atoms with Gasteiger partial charge in [0.25, 0.3) is 0 Å². The van der Waals surface area contributed by atoms with Crippen LogP contribution in [0.25, 0.3) is 44.5 Å². The summed E-state index contributed by atoms with van der Waals surface area (Å²) in [4.78, 5) is 4.83. The first-order chi connectivity index (χ1) is 32.1. The molecule has 1 aliphatic rings. The van der Waals surface area contributed by atoms with Crippen molar-refractivity contribution in [2.45, 2.75) is 6.92 Å². The summed E-state index contributed by atoms with van der Waals surface area (Å²) in [6.07, 6.45) is 0. The van der Waals surface area contributed by atoms with Gasteiger partial charge in [0, 0.05) is 51.1 Å². The standard InChI is InChI=1S/C61H46BN3/c1-43-39-56(61-60(40-43)65(53-34-29-48(30-35-53)45-19-9-3-10-20-45)59-38-31-49(41-57(59)62-61)46-21-11-4-12-22-46)55-42-54(64(51-23-13-5-14-24-51)52-25-15-6-16-26-52)36-37-58(55)63-50-32-27-47(28-33-50)44-17-7-2-8-18-44/h2-42,62-63H,1H3. The third-order valence-electron chi connectivity index (χ3n) is 12.5. The van der Waals surface area contributed by atoms with Crippen LogP contribution in [-0.4, -0.2) is 7.28 Å². The SMILES string of the molecule is Cc1cc(-c2cc(N(c3ccccc3)c3ccccc3)ccc2Nc2ccc(-c3ccccc3)cc2)c2c(c1)N(c1ccc(-c3ccccc3)cc1)c1ccc(-c3ccccc3)cc1B2. The molecule has 4 heteroatoms. The van der Waals surface area contributed by atoms with Crippen molar-refractivity contribution in [2.75, 3.05) is 15.1 Å². The molecule has 0 spiro atoms. The molecule has 1 N–H and O–H groups in total. The molecule has 3 nitrogen and oxygen atoms in total. The number of hydrogen-bond acceptors (Lipinski definition) is 3. The lowest BCUT2D eigenvalue weighted by molar-refractivity contribution is 1.28. The molecule has 0 saturated carbocycles. The highest BCUT2D eigenvalue weighted by Crippen LogP contribution is 2.44. The average molecular weight is 832 g/mol. The lowest BCUT2D eigenvalue weighted by atomic mass is 9.57. The maximum absolute atomic E-state index is 3.90. The van der Waals surface area contributed by atoms with Crippen LogP contribution >= 0.6 is 0 Å². The largest absolute Gasteiger partial charge is 0.355 e. The Morgan fingerprint density at radius 3 is 1.45 bits per heavy atom. The van der Waals surface area contributed by atoms with Crippen LogP contribution in [-0.2, 0) is 0 Å². The van der Waals surface area contributed by atoms with E-state index >= 15 is 0 Å². The van der Waals surface area contributed by atoms with E-state index in [4.69, 9.17) is 0 Å². The van der Waals surface area contributed by atoms with Crippen molar-refractivity contribution in [3.63, 3.8) is 0 Å². The Morgan fingerprint density at radius 2 is 0.877 bits per heavy atom. The molecular formula is C61H46BN3. The quantitative estimate of drug-likeness (QED) is 0.139. The lowest BCUT2D eigenvalue weighted by Crippen LogP contribution is -2.41. The number of nitrogens with zero attached hydrogens (tertiary/aromatic N) is 2. The van der Waals surface area contributed by atoms with Crippen LogP contribution in [0, 0.1) is 6.92 Å². The molecule has 0 bridgehead atoms. The number of anilines is 8. The zero-order valence-corrected chi connectivity index (χ0v) is 36.3. The van der Waals surface area contributed by atoms with Crippen LogP contribution in [0.1, 0.15) is 5.56 Å². The van der Waals surface area contributed by atoms with Gasteiger partial charge in [0.1, 0.15) is 0 Å². The Hall–Kier alpha value is -8.34. The van der Waals surface area contributed by atoms with E-state index in [1.165, 1.54) is 66.8 Å². The summed E-state index contributed by atoms with van der Waals surface area (Å²) in [5, 5.41) is 3.90. The number of para-hydroxylation sites is 2. The normalized spacial score (nSPS) is 11.6. The lowest BCUT2D eigenvalue weighted by Gasteiger charge is -2.36. The Balaban J connectivity index is 1.10. The minimum Gasteiger partial charge on any atom is -0.355 e. The predicted octanol–water partition coefficient (Wildman–Crippen LogP) is 15.0. The molecule has 0 aromatic heterocycles. The van der Waals surface area contributed by atoms with Crippen LogP contribution in [0.5, 0.6) is 0 Å². The number of fused-ring (bicyclic) bond motifs is 2. The fourth-order valence-corrected chi connectivity index (χ4v) is 9.35. The monoisotopic (exact) mass is 831 g/mol. The van der Waals surface area contributed by atoms with Gasteiger partial charge in [-0.3, -0.25) is 0 Å². The molecule has 0 saturated heterocycles. The minimum absolute atomic E-state index is 0.774. The molecular weight excluding hydrogens is 786 g/mol. The van der Waals surface area contributed by atoms with Gasteiger partial charge < -0.3 is 15.1 Å². The van der Waals surface area contributed by atoms with Gasteiger partial charge in [-0.05, 0) is 136 Å². The summed E-state index contributed by atoms with van der Waals surface area (Å²) in [6.45, 7) is 2.23. The van der Waals surface area contributed by atoms with Crippen LogP contribution in [0.4, 0.5) is 45.5 Å². The Morgan fingerprint density at radius 1 is 0.385 bits per heavy atom. The second-order valence-corrected chi connectivity index (χ2v) is 16.7. The van der Waals surface area contributed by atoms with Gasteiger partial charge >= 0.3 is 0 Å². The fourth-order valence-electron chi connectivity index (χ4n) is 9.35. The van der Waals surface area contributed by atoms with Crippen LogP contribution in [0.2, 0.25) is 0 Å². The smallest absolute Gasteiger partial charge is 0.198 e. The molecule has 308 valence electrons. The first-order valence-corrected chi connectivity index (χ1v) is 22.4. The Bertz CT molecular complexity index is 3190. The van der Waals surface area contributed by atoms with Crippen LogP contribution in [0.15, 0.2) is 249 Å². The molecule has 1 aliphatic heterocycles. The first-order valence-electron chi connectivity index (χ1n) is 22.4. The Kier molecular flexibility index (Phi) is 10.6. The third kappa shape index (κ3) is 7.99. The van der Waals surface area contributed by atoms with Crippen molar-refractivity contribution in [1.29, 1.82) is 0 Å². The summed E-state index contributed by atoms with van der Waals surface area (Å²) < 4.78 is 0. The van der Waals surface area contributed by atoms with E-state index in [0.29, 0.717) is 0 Å². The van der Waals surface area contributed by atoms with Crippen molar-refractivity contribution in [3.05, 3.63) is 254 Å². The predicted molar refractivity (Wildman–Crippen MR) is 278 cm³/mol. The molecule has 0 fully saturated rings. The van der Waals surface area contributed by atoms with Gasteiger partial charge in [-0.1, -0.05) is 175 Å². The molecule has 0 unspecified atom stereocenters. The number of nitrogens with one attached hydrogen (secondary N) is 1. The summed E-state index contributed by atoms with van der Waals surface area (Å²) in [6, 6.07) is 89.8. The Labute approximate surface area is 382 Å². The number of rotatable bonds is 10. The van der Waals surface area contributed by atoms with E-state index < -0.39 is 0 Å². The molecule has 10 aromatic rings. The highest BCUT2D eigenvalue weighted by molar-refractivity contribution is 6.73. The van der Waals surface area contributed by atoms with Crippen molar-refractivity contribution >= 4 is 63.7 Å². The molecule has 0 aliphatic carbocycles. The van der Waals surface area contributed by atoms with Crippen LogP contribution < -0.4 is 26.0 Å². The van der Waals surface area contributed by atoms with E-state index in [1.54, 1.807) is 0 Å². The average Bonchev–Trinajstić information content (AvgIpc) is 3.37. The highest BCUT2D eigenvalue weighted by Gasteiger charge is 2.29. The van der Waals surface area contributed by atoms with Gasteiger partial charge in [0.15, 0.2) is 7.28 Å². The first kappa shape index (κ1) is 39.5. The number of hydrogen-bond donors (Lipinski definition) is 1. The van der Waals surface area contributed by atoms with E-state index in [1.807, 2.05) is 0 Å². The number of benzene rings is 10. The fraction of sp³-hybridized carbons (Fsp3) is 0.0164. The molecule has 0 amide bonds. The molecule has 0 atom stereocenters. The maximum Gasteiger partial charge on any atom is 0.198 e. The zero-order valence-electron chi connectivity index (χ0n) is 36.3. The topological polar surface area (TPSA) is 18.5 Å². The van der Waals surface area contributed by atoms with Gasteiger partial charge in [-0.2, -0.15) is 0 Å². The third-order valence-corrected chi connectivity index (χ3v) is 12.5. The summed E-state index contributed by atoms with van der Waals surface area (Å²) in [7, 11) is 0.774. The summed E-state index contributed by atoms with van der Waals surface area (Å²) >= 11 is 0. The summed E-state index contributed by atoms with van der Waals surface area (Å²) in [5.41, 5.74) is 22.2. The van der Waals surface area contributed by atoms with Crippen molar-refractivity contribution < 1.29 is 0 Å². The second kappa shape index (κ2) is 17.4. The molecule has 0 radical (unpaired) electrons. The molecule has 10 aromatic carbocycles. The minimum atomic E-state index is 0.774. The molecule has 1 heterocycles. The van der Waals surface area contributed by atoms with Gasteiger partial charge in [0.2, 0.25) is 0 Å². The maximum atomic E-state index is 3.90. The molecule has 65 heavy (non-hydrogen) atoms. The van der Waals surface area contributed by atoms with E-state index in [2.05, 4.69) is 271 Å². The number of aryl methyl sites for hydroxylation is 1. The second-order valence-electron chi connectivity index (χ2n) is 16.7. The van der Waals surface area contributed by atoms with Crippen molar-refractivity contribution in [1.82, 2.24) is 0 Å².